The number of hydrogen-bond acceptors (Lipinski definition) is 4. The van der Waals surface area contributed by atoms with Gasteiger partial charge in [0.15, 0.2) is 5.16 Å². The number of carbonyl (C=O) groups excluding carboxylic acids is 1. The fraction of sp³-hybridized carbons (Fsp3) is 0.786. The summed E-state index contributed by atoms with van der Waals surface area (Å²) in [5, 5.41) is 12.6. The van der Waals surface area contributed by atoms with Crippen molar-refractivity contribution in [1.82, 2.24) is 20.1 Å². The minimum absolute atomic E-state index is 0.0146. The first kappa shape index (κ1) is 13.9. The summed E-state index contributed by atoms with van der Waals surface area (Å²) in [6, 6.07) is 0.554. The Balaban J connectivity index is 1.81. The minimum atomic E-state index is -0.0146. The molecular formula is C14H22N4OS. The van der Waals surface area contributed by atoms with Crippen LogP contribution in [-0.2, 0) is 4.79 Å². The van der Waals surface area contributed by atoms with E-state index >= 15 is 0 Å². The van der Waals surface area contributed by atoms with Crippen LogP contribution in [0, 0.1) is 0 Å². The van der Waals surface area contributed by atoms with E-state index in [1.807, 2.05) is 0 Å². The van der Waals surface area contributed by atoms with Crippen LogP contribution in [0.25, 0.3) is 0 Å². The van der Waals surface area contributed by atoms with Crippen molar-refractivity contribution in [3.05, 3.63) is 5.82 Å². The van der Waals surface area contributed by atoms with Gasteiger partial charge in [-0.1, -0.05) is 32.0 Å². The molecule has 0 aromatic carbocycles. The van der Waals surface area contributed by atoms with Crippen molar-refractivity contribution in [1.29, 1.82) is 0 Å². The van der Waals surface area contributed by atoms with Crippen LogP contribution in [-0.4, -0.2) is 32.5 Å². The van der Waals surface area contributed by atoms with Crippen molar-refractivity contribution < 1.29 is 4.79 Å². The molecule has 1 saturated carbocycles. The molecule has 0 spiro atoms. The monoisotopic (exact) mass is 294 g/mol. The van der Waals surface area contributed by atoms with Crippen LogP contribution in [0.3, 0.4) is 0 Å². The third kappa shape index (κ3) is 2.85. The molecule has 1 amide bonds. The number of hydrogen-bond donors (Lipinski definition) is 1. The van der Waals surface area contributed by atoms with E-state index in [1.54, 1.807) is 11.8 Å². The Morgan fingerprint density at radius 3 is 2.75 bits per heavy atom. The van der Waals surface area contributed by atoms with Crippen molar-refractivity contribution in [2.45, 2.75) is 68.3 Å². The van der Waals surface area contributed by atoms with E-state index in [1.165, 1.54) is 12.8 Å². The Kier molecular flexibility index (Phi) is 4.01. The summed E-state index contributed by atoms with van der Waals surface area (Å²) in [5.41, 5.74) is 0. The average Bonchev–Trinajstić information content (AvgIpc) is 3.19. The zero-order chi connectivity index (χ0) is 14.1. The summed E-state index contributed by atoms with van der Waals surface area (Å²) in [7, 11) is 0. The summed E-state index contributed by atoms with van der Waals surface area (Å²) in [6.07, 6.45) is 5.54. The first-order valence-electron chi connectivity index (χ1n) is 7.56. The van der Waals surface area contributed by atoms with Crippen LogP contribution in [0.2, 0.25) is 0 Å². The predicted molar refractivity (Wildman–Crippen MR) is 78.9 cm³/mol. The van der Waals surface area contributed by atoms with Crippen molar-refractivity contribution >= 4 is 17.7 Å². The van der Waals surface area contributed by atoms with E-state index in [-0.39, 0.29) is 11.2 Å². The second-order valence-corrected chi connectivity index (χ2v) is 7.16. The first-order chi connectivity index (χ1) is 9.66. The van der Waals surface area contributed by atoms with Crippen LogP contribution in [0.5, 0.6) is 0 Å². The molecule has 1 aliphatic carbocycles. The molecule has 0 radical (unpaired) electrons. The summed E-state index contributed by atoms with van der Waals surface area (Å²) in [4.78, 5) is 12.1. The number of nitrogens with zero attached hydrogens (tertiary/aromatic N) is 3. The Bertz CT molecular complexity index is 495. The van der Waals surface area contributed by atoms with Gasteiger partial charge in [0.2, 0.25) is 5.91 Å². The first-order valence-corrected chi connectivity index (χ1v) is 8.44. The molecule has 2 heterocycles. The molecule has 1 atom stereocenters. The molecule has 0 unspecified atom stereocenters. The lowest BCUT2D eigenvalue weighted by atomic mass is 10.2. The lowest BCUT2D eigenvalue weighted by Crippen LogP contribution is -2.30. The second-order valence-electron chi connectivity index (χ2n) is 5.99. The van der Waals surface area contributed by atoms with E-state index in [2.05, 4.69) is 33.9 Å². The smallest absolute Gasteiger partial charge is 0.233 e. The van der Waals surface area contributed by atoms with E-state index in [9.17, 15) is 4.79 Å². The Labute approximate surface area is 123 Å². The van der Waals surface area contributed by atoms with Crippen LogP contribution < -0.4 is 5.32 Å². The number of aromatic nitrogens is 3. The lowest BCUT2D eigenvalue weighted by Gasteiger charge is -2.14. The zero-order valence-electron chi connectivity index (χ0n) is 12.1. The number of amides is 1. The molecule has 110 valence electrons. The Morgan fingerprint density at radius 2 is 2.05 bits per heavy atom. The van der Waals surface area contributed by atoms with E-state index < -0.39 is 0 Å². The minimum Gasteiger partial charge on any atom is -0.355 e. The Morgan fingerprint density at radius 1 is 1.25 bits per heavy atom. The maximum atomic E-state index is 12.1. The normalized spacial score (nSPS) is 23.8. The van der Waals surface area contributed by atoms with Gasteiger partial charge in [-0.15, -0.1) is 10.2 Å². The highest BCUT2D eigenvalue weighted by Gasteiger charge is 2.32. The van der Waals surface area contributed by atoms with Gasteiger partial charge in [-0.3, -0.25) is 4.79 Å². The number of nitrogens with one attached hydrogen (secondary N) is 1. The lowest BCUT2D eigenvalue weighted by molar-refractivity contribution is -0.120. The summed E-state index contributed by atoms with van der Waals surface area (Å²) in [6.45, 7) is 5.11. The van der Waals surface area contributed by atoms with Gasteiger partial charge in [-0.05, 0) is 25.7 Å². The average molecular weight is 294 g/mol. The van der Waals surface area contributed by atoms with Gasteiger partial charge < -0.3 is 9.88 Å². The maximum Gasteiger partial charge on any atom is 0.233 e. The molecular weight excluding hydrogens is 272 g/mol. The molecule has 2 fully saturated rings. The van der Waals surface area contributed by atoms with E-state index in [0.717, 1.165) is 36.8 Å². The molecule has 1 aliphatic heterocycles. The van der Waals surface area contributed by atoms with Crippen LogP contribution >= 0.6 is 11.8 Å². The molecule has 1 aromatic rings. The van der Waals surface area contributed by atoms with Crippen LogP contribution in [0.15, 0.2) is 5.16 Å². The highest BCUT2D eigenvalue weighted by atomic mass is 32.2. The summed E-state index contributed by atoms with van der Waals surface area (Å²) >= 11 is 1.60. The molecule has 1 aromatic heterocycles. The molecule has 6 heteroatoms. The molecule has 1 N–H and O–H groups in total. The number of carbonyl (C=O) groups is 1. The predicted octanol–water partition coefficient (Wildman–Crippen LogP) is 2.50. The van der Waals surface area contributed by atoms with Crippen molar-refractivity contribution in [3.63, 3.8) is 0 Å². The van der Waals surface area contributed by atoms with Crippen LogP contribution in [0.4, 0.5) is 0 Å². The fourth-order valence-corrected chi connectivity index (χ4v) is 3.76. The number of thioether (sulfide) groups is 1. The van der Waals surface area contributed by atoms with Gasteiger partial charge in [0.1, 0.15) is 5.82 Å². The Hall–Kier alpha value is -1.04. The highest BCUT2D eigenvalue weighted by molar-refractivity contribution is 8.00. The van der Waals surface area contributed by atoms with E-state index in [4.69, 9.17) is 0 Å². The largest absolute Gasteiger partial charge is 0.355 e. The van der Waals surface area contributed by atoms with Gasteiger partial charge in [-0.2, -0.15) is 0 Å². The summed E-state index contributed by atoms with van der Waals surface area (Å²) in [5.74, 6) is 1.59. The molecule has 0 bridgehead atoms. The fourth-order valence-electron chi connectivity index (χ4n) is 2.59. The molecule has 1 saturated heterocycles. The van der Waals surface area contributed by atoms with E-state index in [0.29, 0.717) is 12.0 Å². The zero-order valence-corrected chi connectivity index (χ0v) is 12.9. The van der Waals surface area contributed by atoms with Gasteiger partial charge in [-0.25, -0.2) is 0 Å². The quantitative estimate of drug-likeness (QED) is 0.927. The number of rotatable bonds is 4. The van der Waals surface area contributed by atoms with Crippen molar-refractivity contribution in [2.75, 3.05) is 6.54 Å². The topological polar surface area (TPSA) is 59.8 Å². The third-order valence-corrected chi connectivity index (χ3v) is 5.08. The SMILES string of the molecule is CC(C)c1nnc(S[C@@H]2CCCCNC2=O)n1C1CC1. The second kappa shape index (κ2) is 5.76. The maximum absolute atomic E-state index is 12.1. The highest BCUT2D eigenvalue weighted by Crippen LogP contribution is 2.41. The third-order valence-electron chi connectivity index (χ3n) is 3.85. The molecule has 2 aliphatic rings. The van der Waals surface area contributed by atoms with Gasteiger partial charge >= 0.3 is 0 Å². The van der Waals surface area contributed by atoms with Gasteiger partial charge in [0.25, 0.3) is 0 Å². The van der Waals surface area contributed by atoms with Gasteiger partial charge in [0.05, 0.1) is 5.25 Å². The summed E-state index contributed by atoms with van der Waals surface area (Å²) < 4.78 is 2.27. The molecule has 3 rings (SSSR count). The molecule has 20 heavy (non-hydrogen) atoms. The van der Waals surface area contributed by atoms with Crippen LogP contribution in [0.1, 0.15) is 63.7 Å². The van der Waals surface area contributed by atoms with Crippen molar-refractivity contribution in [2.24, 2.45) is 0 Å². The van der Waals surface area contributed by atoms with Gasteiger partial charge in [0, 0.05) is 18.5 Å². The standard InChI is InChI=1S/C14H22N4OS/c1-9(2)12-16-17-14(18(12)10-6-7-10)20-11-5-3-4-8-15-13(11)19/h9-11H,3-8H2,1-2H3,(H,15,19)/t11-/m1/s1. The van der Waals surface area contributed by atoms with Crippen molar-refractivity contribution in [3.8, 4) is 0 Å². The molecule has 5 nitrogen and oxygen atoms in total.